The second kappa shape index (κ2) is 5.77. The van der Waals surface area contributed by atoms with Crippen molar-refractivity contribution in [2.45, 2.75) is 6.54 Å². The van der Waals surface area contributed by atoms with E-state index in [4.69, 9.17) is 14.9 Å². The van der Waals surface area contributed by atoms with Gasteiger partial charge in [-0.2, -0.15) is 0 Å². The van der Waals surface area contributed by atoms with Crippen LogP contribution in [0.2, 0.25) is 0 Å². The lowest BCUT2D eigenvalue weighted by atomic mass is 10.1. The Morgan fingerprint density at radius 3 is 2.22 bits per heavy atom. The third kappa shape index (κ3) is 4.67. The Labute approximate surface area is 103 Å². The number of benzene rings is 1. The summed E-state index contributed by atoms with van der Waals surface area (Å²) in [5.74, 6) is -1.07. The minimum absolute atomic E-state index is 0.00844. The molecular weight excluding hydrogens is 261 g/mol. The molecule has 3 N–H and O–H groups in total. The third-order valence-corrected chi connectivity index (χ3v) is 2.83. The van der Waals surface area contributed by atoms with Gasteiger partial charge in [-0.3, -0.25) is 9.36 Å². The van der Waals surface area contributed by atoms with Crippen LogP contribution in [0, 0.1) is 0 Å². The first-order valence-corrected chi connectivity index (χ1v) is 6.68. The van der Waals surface area contributed by atoms with Crippen molar-refractivity contribution in [2.75, 3.05) is 6.29 Å². The molecule has 1 aromatic carbocycles. The van der Waals surface area contributed by atoms with Gasteiger partial charge in [0.2, 0.25) is 6.41 Å². The van der Waals surface area contributed by atoms with Gasteiger partial charge >= 0.3 is 13.6 Å². The molecule has 0 atom stereocenters. The Balaban J connectivity index is 2.73. The Hall–Kier alpha value is -1.69. The molecule has 0 aliphatic heterocycles. The van der Waals surface area contributed by atoms with Crippen molar-refractivity contribution in [1.29, 1.82) is 0 Å². The van der Waals surface area contributed by atoms with Crippen LogP contribution in [0.5, 0.6) is 0 Å². The van der Waals surface area contributed by atoms with E-state index >= 15 is 0 Å². The van der Waals surface area contributed by atoms with Crippen molar-refractivity contribution in [3.8, 4) is 0 Å². The molecule has 0 unspecified atom stereocenters. The number of carboxylic acids is 1. The van der Waals surface area contributed by atoms with E-state index in [-0.39, 0.29) is 12.1 Å². The van der Waals surface area contributed by atoms with Crippen LogP contribution in [0.4, 0.5) is 0 Å². The molecule has 1 rings (SSSR count). The number of hydrogen-bond acceptors (Lipinski definition) is 3. The molecule has 0 aliphatic rings. The van der Waals surface area contributed by atoms with E-state index in [9.17, 15) is 14.2 Å². The van der Waals surface area contributed by atoms with E-state index in [0.29, 0.717) is 12.0 Å². The fraction of sp³-hybridized carbons (Fsp3) is 0.200. The Morgan fingerprint density at radius 2 is 1.83 bits per heavy atom. The van der Waals surface area contributed by atoms with Gasteiger partial charge in [0.15, 0.2) is 0 Å². The maximum Gasteiger partial charge on any atom is 0.344 e. The summed E-state index contributed by atoms with van der Waals surface area (Å²) in [6.45, 7) is 0.00844. The summed E-state index contributed by atoms with van der Waals surface area (Å²) >= 11 is 0. The smallest absolute Gasteiger partial charge is 0.344 e. The topological polar surface area (TPSA) is 115 Å². The minimum Gasteiger partial charge on any atom is -0.478 e. The molecule has 0 radical (unpaired) electrons. The van der Waals surface area contributed by atoms with Gasteiger partial charge in [-0.25, -0.2) is 4.79 Å². The molecule has 0 bridgehead atoms. The summed E-state index contributed by atoms with van der Waals surface area (Å²) in [6.07, 6.45) is -0.332. The van der Waals surface area contributed by atoms with E-state index in [2.05, 4.69) is 0 Å². The molecule has 0 heterocycles. The van der Waals surface area contributed by atoms with Gasteiger partial charge in [-0.15, -0.1) is 0 Å². The fourth-order valence-electron chi connectivity index (χ4n) is 1.34. The molecular formula is C10H12NO6P. The second-order valence-electron chi connectivity index (χ2n) is 3.66. The summed E-state index contributed by atoms with van der Waals surface area (Å²) in [5.41, 5.74) is 0.687. The van der Waals surface area contributed by atoms with Crippen LogP contribution in [-0.4, -0.2) is 38.5 Å². The lowest BCUT2D eigenvalue weighted by Gasteiger charge is -2.17. The molecule has 8 heteroatoms. The fourth-order valence-corrected chi connectivity index (χ4v) is 1.98. The Bertz CT molecular complexity index is 480. The van der Waals surface area contributed by atoms with Crippen LogP contribution in [0.1, 0.15) is 15.9 Å². The van der Waals surface area contributed by atoms with E-state index in [1.807, 2.05) is 0 Å². The zero-order chi connectivity index (χ0) is 13.8. The van der Waals surface area contributed by atoms with Gasteiger partial charge in [0.05, 0.1) is 5.56 Å². The largest absolute Gasteiger partial charge is 0.478 e. The number of carbonyl (C=O) groups is 2. The number of aromatic carboxylic acids is 1. The SMILES string of the molecule is O=CN(Cc1ccc(C(=O)O)cc1)CP(=O)(O)O. The van der Waals surface area contributed by atoms with Gasteiger partial charge in [0.1, 0.15) is 6.29 Å². The first-order valence-electron chi connectivity index (χ1n) is 4.88. The van der Waals surface area contributed by atoms with E-state index in [1.165, 1.54) is 24.3 Å². The van der Waals surface area contributed by atoms with Gasteiger partial charge in [0, 0.05) is 6.54 Å². The van der Waals surface area contributed by atoms with Crippen LogP contribution in [0.25, 0.3) is 0 Å². The highest BCUT2D eigenvalue weighted by Crippen LogP contribution is 2.34. The van der Waals surface area contributed by atoms with Crippen molar-refractivity contribution in [1.82, 2.24) is 4.90 Å². The predicted molar refractivity (Wildman–Crippen MR) is 61.9 cm³/mol. The molecule has 7 nitrogen and oxygen atoms in total. The van der Waals surface area contributed by atoms with Crippen molar-refractivity contribution in [2.24, 2.45) is 0 Å². The van der Waals surface area contributed by atoms with Crippen LogP contribution in [0.3, 0.4) is 0 Å². The number of nitrogens with zero attached hydrogens (tertiary/aromatic N) is 1. The monoisotopic (exact) mass is 273 g/mol. The van der Waals surface area contributed by atoms with E-state index in [1.54, 1.807) is 0 Å². The highest BCUT2D eigenvalue weighted by molar-refractivity contribution is 7.51. The molecule has 1 aromatic rings. The lowest BCUT2D eigenvalue weighted by molar-refractivity contribution is -0.118. The Kier molecular flexibility index (Phi) is 4.61. The molecule has 98 valence electrons. The number of carboxylic acid groups (broad SMARTS) is 1. The molecule has 18 heavy (non-hydrogen) atoms. The van der Waals surface area contributed by atoms with Crippen molar-refractivity contribution in [3.63, 3.8) is 0 Å². The average Bonchev–Trinajstić information content (AvgIpc) is 2.27. The first kappa shape index (κ1) is 14.4. The quantitative estimate of drug-likeness (QED) is 0.513. The predicted octanol–water partition coefficient (Wildman–Crippen LogP) is 0.478. The zero-order valence-corrected chi connectivity index (χ0v) is 10.2. The highest BCUT2D eigenvalue weighted by Gasteiger charge is 2.18. The maximum absolute atomic E-state index is 10.8. The number of rotatable bonds is 6. The molecule has 0 aliphatic carbocycles. The van der Waals surface area contributed by atoms with Gasteiger partial charge in [-0.1, -0.05) is 12.1 Å². The average molecular weight is 273 g/mol. The normalized spacial score (nSPS) is 11.0. The number of hydrogen-bond donors (Lipinski definition) is 3. The number of carbonyl (C=O) groups excluding carboxylic acids is 1. The van der Waals surface area contributed by atoms with E-state index in [0.717, 1.165) is 4.90 Å². The maximum atomic E-state index is 10.8. The van der Waals surface area contributed by atoms with Crippen molar-refractivity contribution < 1.29 is 29.0 Å². The Morgan fingerprint density at radius 1 is 1.28 bits per heavy atom. The second-order valence-corrected chi connectivity index (χ2v) is 5.27. The molecule has 0 saturated heterocycles. The van der Waals surface area contributed by atoms with Gasteiger partial charge in [-0.05, 0) is 17.7 Å². The minimum atomic E-state index is -4.30. The van der Waals surface area contributed by atoms with Gasteiger partial charge in [0.25, 0.3) is 0 Å². The zero-order valence-electron chi connectivity index (χ0n) is 9.26. The highest BCUT2D eigenvalue weighted by atomic mass is 31.2. The molecule has 1 amide bonds. The third-order valence-electron chi connectivity index (χ3n) is 2.10. The summed E-state index contributed by atoms with van der Waals surface area (Å²) in [5, 5.41) is 8.69. The first-order chi connectivity index (χ1) is 8.31. The number of amides is 1. The van der Waals surface area contributed by atoms with Crippen molar-refractivity contribution in [3.05, 3.63) is 35.4 Å². The van der Waals surface area contributed by atoms with Crippen molar-refractivity contribution >= 4 is 20.0 Å². The standard InChI is InChI=1S/C10H12NO6P/c12-6-11(7-18(15,16)17)5-8-1-3-9(4-2-8)10(13)14/h1-4,6H,5,7H2,(H,13,14)(H2,15,16,17). The summed E-state index contributed by atoms with van der Waals surface area (Å²) < 4.78 is 10.8. The van der Waals surface area contributed by atoms with E-state index < -0.39 is 19.9 Å². The summed E-state index contributed by atoms with van der Waals surface area (Å²) in [4.78, 5) is 39.7. The molecule has 0 spiro atoms. The van der Waals surface area contributed by atoms with Crippen LogP contribution in [-0.2, 0) is 15.9 Å². The molecule has 0 fully saturated rings. The van der Waals surface area contributed by atoms with Crippen LogP contribution in [0.15, 0.2) is 24.3 Å². The lowest BCUT2D eigenvalue weighted by Crippen LogP contribution is -2.22. The molecule has 0 saturated carbocycles. The van der Waals surface area contributed by atoms with Crippen LogP contribution >= 0.6 is 7.60 Å². The summed E-state index contributed by atoms with van der Waals surface area (Å²) in [6, 6.07) is 5.69. The molecule has 0 aromatic heterocycles. The van der Waals surface area contributed by atoms with Gasteiger partial charge < -0.3 is 19.8 Å². The summed E-state index contributed by atoms with van der Waals surface area (Å²) in [7, 11) is -4.30. The van der Waals surface area contributed by atoms with Crippen LogP contribution < -0.4 is 0 Å².